The average Bonchev–Trinajstić information content (AvgIpc) is 2.26. The third-order valence-electron chi connectivity index (χ3n) is 1.74. The summed E-state index contributed by atoms with van der Waals surface area (Å²) >= 11 is 0.621. The molecule has 0 saturated heterocycles. The molecular formula is C10H12F3O4PS. The highest BCUT2D eigenvalue weighted by Crippen LogP contribution is 2.43. The molecule has 1 unspecified atom stereocenters. The summed E-state index contributed by atoms with van der Waals surface area (Å²) in [4.78, 5) is 9.59. The van der Waals surface area contributed by atoms with Crippen molar-refractivity contribution in [2.24, 2.45) is 0 Å². The Balaban J connectivity index is 2.59. The largest absolute Gasteiger partial charge is 0.527 e. The van der Waals surface area contributed by atoms with E-state index in [1.54, 1.807) is 0 Å². The van der Waals surface area contributed by atoms with Gasteiger partial charge in [-0.05, 0) is 31.2 Å². The van der Waals surface area contributed by atoms with Gasteiger partial charge in [0.05, 0.1) is 12.4 Å². The molecule has 9 heteroatoms. The second kappa shape index (κ2) is 6.65. The Morgan fingerprint density at radius 2 is 1.89 bits per heavy atom. The van der Waals surface area contributed by atoms with Crippen molar-refractivity contribution in [2.75, 3.05) is 12.4 Å². The Morgan fingerprint density at radius 1 is 1.32 bits per heavy atom. The second-order valence-electron chi connectivity index (χ2n) is 3.35. The van der Waals surface area contributed by atoms with Crippen molar-refractivity contribution in [3.05, 3.63) is 24.3 Å². The fourth-order valence-corrected chi connectivity index (χ4v) is 2.51. The number of hydrogen-bond donors (Lipinski definition) is 1. The molecule has 0 heterocycles. The van der Waals surface area contributed by atoms with Gasteiger partial charge in [0.25, 0.3) is 0 Å². The Hall–Kier alpha value is -0.690. The molecule has 1 aromatic rings. The van der Waals surface area contributed by atoms with Gasteiger partial charge in [-0.3, -0.25) is 9.42 Å². The molecule has 1 N–H and O–H groups in total. The van der Waals surface area contributed by atoms with Crippen LogP contribution in [0.25, 0.3) is 0 Å². The molecule has 0 aromatic heterocycles. The zero-order valence-corrected chi connectivity index (χ0v) is 11.6. The van der Waals surface area contributed by atoms with Crippen molar-refractivity contribution in [3.8, 4) is 5.75 Å². The van der Waals surface area contributed by atoms with Crippen LogP contribution in [0.3, 0.4) is 0 Å². The summed E-state index contributed by atoms with van der Waals surface area (Å²) in [5.41, 5.74) is 0. The molecule has 1 aromatic carbocycles. The van der Waals surface area contributed by atoms with E-state index in [-0.39, 0.29) is 12.4 Å². The van der Waals surface area contributed by atoms with E-state index in [4.69, 9.17) is 4.52 Å². The maximum Gasteiger partial charge on any atom is 0.527 e. The first-order valence-corrected chi connectivity index (χ1v) is 7.66. The molecule has 0 aliphatic carbocycles. The summed E-state index contributed by atoms with van der Waals surface area (Å²) in [6, 6.07) is 5.36. The minimum absolute atomic E-state index is 0.00724. The predicted molar refractivity (Wildman–Crippen MR) is 65.3 cm³/mol. The van der Waals surface area contributed by atoms with Crippen molar-refractivity contribution < 1.29 is 31.7 Å². The Kier molecular flexibility index (Phi) is 5.73. The SMILES string of the molecule is CCOP(=O)(O)Oc1ccc(SCC(F)(F)F)cc1. The van der Waals surface area contributed by atoms with Gasteiger partial charge in [0, 0.05) is 4.90 Å². The van der Waals surface area contributed by atoms with Gasteiger partial charge >= 0.3 is 14.0 Å². The highest BCUT2D eigenvalue weighted by Gasteiger charge is 2.27. The number of benzene rings is 1. The maximum atomic E-state index is 12.0. The van der Waals surface area contributed by atoms with E-state index in [0.29, 0.717) is 16.7 Å². The van der Waals surface area contributed by atoms with Gasteiger partial charge in [-0.1, -0.05) is 0 Å². The molecule has 0 radical (unpaired) electrons. The normalized spacial score (nSPS) is 15.0. The fourth-order valence-electron chi connectivity index (χ4n) is 1.08. The van der Waals surface area contributed by atoms with Crippen LogP contribution in [-0.2, 0) is 9.09 Å². The fraction of sp³-hybridized carbons (Fsp3) is 0.400. The van der Waals surface area contributed by atoms with E-state index in [1.807, 2.05) is 0 Å². The van der Waals surface area contributed by atoms with Crippen LogP contribution in [0.2, 0.25) is 0 Å². The summed E-state index contributed by atoms with van der Waals surface area (Å²) in [6.45, 7) is 1.54. The standard InChI is InChI=1S/C10H12F3O4PS/c1-2-16-18(14,15)17-8-3-5-9(6-4-8)19-7-10(11,12)13/h3-6H,2,7H2,1H3,(H,14,15). The van der Waals surface area contributed by atoms with Crippen molar-refractivity contribution in [2.45, 2.75) is 18.0 Å². The maximum absolute atomic E-state index is 12.0. The lowest BCUT2D eigenvalue weighted by Gasteiger charge is -2.12. The van der Waals surface area contributed by atoms with Crippen LogP contribution in [0.1, 0.15) is 6.92 Å². The third kappa shape index (κ3) is 6.87. The van der Waals surface area contributed by atoms with Crippen LogP contribution in [-0.4, -0.2) is 23.4 Å². The van der Waals surface area contributed by atoms with Crippen LogP contribution < -0.4 is 4.52 Å². The van der Waals surface area contributed by atoms with Gasteiger partial charge in [0.2, 0.25) is 0 Å². The highest BCUT2D eigenvalue weighted by atomic mass is 32.2. The number of alkyl halides is 3. The van der Waals surface area contributed by atoms with Crippen LogP contribution in [0.4, 0.5) is 13.2 Å². The second-order valence-corrected chi connectivity index (χ2v) is 5.78. The number of halogens is 3. The molecule has 1 rings (SSSR count). The van der Waals surface area contributed by atoms with E-state index >= 15 is 0 Å². The summed E-state index contributed by atoms with van der Waals surface area (Å²) in [6.07, 6.45) is -4.24. The molecule has 0 aliphatic rings. The molecule has 0 aliphatic heterocycles. The van der Waals surface area contributed by atoms with E-state index in [9.17, 15) is 22.6 Å². The minimum atomic E-state index is -4.24. The van der Waals surface area contributed by atoms with Gasteiger partial charge in [-0.2, -0.15) is 13.2 Å². The Labute approximate surface area is 112 Å². The first kappa shape index (κ1) is 16.4. The first-order valence-electron chi connectivity index (χ1n) is 5.18. The lowest BCUT2D eigenvalue weighted by atomic mass is 10.3. The first-order chi connectivity index (χ1) is 8.72. The van der Waals surface area contributed by atoms with Crippen molar-refractivity contribution in [1.29, 1.82) is 0 Å². The molecule has 108 valence electrons. The monoisotopic (exact) mass is 316 g/mol. The number of phosphoric acid groups is 1. The quantitative estimate of drug-likeness (QED) is 0.638. The Morgan fingerprint density at radius 3 is 2.37 bits per heavy atom. The van der Waals surface area contributed by atoms with Crippen molar-refractivity contribution in [1.82, 2.24) is 0 Å². The lowest BCUT2D eigenvalue weighted by molar-refractivity contribution is -0.105. The molecule has 0 saturated carbocycles. The zero-order chi connectivity index (χ0) is 14.5. The summed E-state index contributed by atoms with van der Waals surface area (Å²) in [5.74, 6) is -0.944. The molecule has 1 atom stereocenters. The lowest BCUT2D eigenvalue weighted by Crippen LogP contribution is -2.10. The smallest absolute Gasteiger partial charge is 0.404 e. The average molecular weight is 316 g/mol. The summed E-state index contributed by atoms with van der Waals surface area (Å²) in [7, 11) is -4.16. The van der Waals surface area contributed by atoms with Gasteiger partial charge in [-0.15, -0.1) is 11.8 Å². The van der Waals surface area contributed by atoms with Crippen LogP contribution in [0, 0.1) is 0 Å². The van der Waals surface area contributed by atoms with Crippen LogP contribution >= 0.6 is 19.6 Å². The predicted octanol–water partition coefficient (Wildman–Crippen LogP) is 3.86. The van der Waals surface area contributed by atoms with Gasteiger partial charge in [0.15, 0.2) is 0 Å². The number of thioether (sulfide) groups is 1. The molecule has 0 spiro atoms. The van der Waals surface area contributed by atoms with E-state index in [2.05, 4.69) is 4.52 Å². The molecular weight excluding hydrogens is 304 g/mol. The third-order valence-corrected chi connectivity index (χ3v) is 3.84. The molecule has 0 amide bonds. The van der Waals surface area contributed by atoms with Crippen molar-refractivity contribution in [3.63, 3.8) is 0 Å². The van der Waals surface area contributed by atoms with Gasteiger partial charge in [0.1, 0.15) is 5.75 Å². The zero-order valence-electron chi connectivity index (χ0n) is 9.88. The van der Waals surface area contributed by atoms with Crippen molar-refractivity contribution >= 4 is 19.6 Å². The number of hydrogen-bond acceptors (Lipinski definition) is 4. The Bertz CT molecular complexity index is 449. The van der Waals surface area contributed by atoms with E-state index in [1.165, 1.54) is 31.2 Å². The molecule has 4 nitrogen and oxygen atoms in total. The number of phosphoric ester groups is 1. The van der Waals surface area contributed by atoms with Gasteiger partial charge < -0.3 is 4.52 Å². The van der Waals surface area contributed by atoms with E-state index < -0.39 is 19.8 Å². The van der Waals surface area contributed by atoms with Crippen LogP contribution in [0.5, 0.6) is 5.75 Å². The molecule has 19 heavy (non-hydrogen) atoms. The topological polar surface area (TPSA) is 55.8 Å². The summed E-state index contributed by atoms with van der Waals surface area (Å²) < 4.78 is 56.5. The molecule has 0 bridgehead atoms. The highest BCUT2D eigenvalue weighted by molar-refractivity contribution is 7.99. The van der Waals surface area contributed by atoms with Gasteiger partial charge in [-0.25, -0.2) is 4.57 Å². The summed E-state index contributed by atoms with van der Waals surface area (Å²) in [5, 5.41) is 0. The molecule has 0 fully saturated rings. The minimum Gasteiger partial charge on any atom is -0.404 e. The van der Waals surface area contributed by atoms with E-state index in [0.717, 1.165) is 0 Å². The van der Waals surface area contributed by atoms with Crippen LogP contribution in [0.15, 0.2) is 29.2 Å². The number of rotatable bonds is 6.